The highest BCUT2D eigenvalue weighted by Gasteiger charge is 2.44. The number of halogens is 3. The normalized spacial score (nSPS) is 18.1. The number of pyridine rings is 1. The van der Waals surface area contributed by atoms with Gasteiger partial charge in [-0.15, -0.1) is 6.42 Å². The zero-order valence-corrected chi connectivity index (χ0v) is 29.1. The minimum atomic E-state index is -2.33. The molecule has 2 aromatic heterocycles. The molecule has 0 amide bonds. The topological polar surface area (TPSA) is 157 Å². The monoisotopic (exact) mass is 720 g/mol. The average Bonchev–Trinajstić information content (AvgIpc) is 3.90. The smallest absolute Gasteiger partial charge is 0.323 e. The van der Waals surface area contributed by atoms with E-state index in [2.05, 4.69) is 26.2 Å². The molecule has 274 valence electrons. The fraction of sp³-hybridized carbons (Fsp3) is 0.417. The maximum Gasteiger partial charge on any atom is 0.323 e. The van der Waals surface area contributed by atoms with Gasteiger partial charge in [-0.2, -0.15) is 9.97 Å². The minimum absolute atomic E-state index is 0.0124. The Kier molecular flexibility index (Phi) is 11.9. The molecule has 3 atom stereocenters. The molecule has 16 heteroatoms. The third-order valence-electron chi connectivity index (χ3n) is 9.27. The number of fused-ring (bicyclic) bond motifs is 3. The van der Waals surface area contributed by atoms with Crippen molar-refractivity contribution in [3.8, 4) is 29.6 Å². The molecule has 2 aromatic carbocycles. The van der Waals surface area contributed by atoms with Gasteiger partial charge in [-0.3, -0.25) is 9.88 Å². The van der Waals surface area contributed by atoms with Gasteiger partial charge in [0.2, 0.25) is 0 Å². The van der Waals surface area contributed by atoms with Crippen LogP contribution in [0.2, 0.25) is 0 Å². The Morgan fingerprint density at radius 3 is 2.67 bits per heavy atom. The molecule has 12 nitrogen and oxygen atoms in total. The molecule has 2 fully saturated rings. The van der Waals surface area contributed by atoms with Crippen LogP contribution in [-0.2, 0) is 4.74 Å². The van der Waals surface area contributed by atoms with Gasteiger partial charge in [0.05, 0.1) is 30.5 Å². The highest BCUT2D eigenvalue weighted by Crippen LogP contribution is 2.43. The average molecular weight is 721 g/mol. The van der Waals surface area contributed by atoms with Gasteiger partial charge in [-0.05, 0) is 55.0 Å². The molecule has 6 rings (SSSR count). The van der Waals surface area contributed by atoms with E-state index in [1.807, 2.05) is 4.90 Å². The lowest BCUT2D eigenvalue weighted by molar-refractivity contribution is -0.197. The Morgan fingerprint density at radius 1 is 1.29 bits per heavy atom. The minimum Gasteiger partial charge on any atom is -0.408 e. The molecule has 1 aliphatic carbocycles. The molecular weight excluding hydrogens is 680 g/mol. The number of nitrogens with one attached hydrogen (secondary N) is 1. The van der Waals surface area contributed by atoms with E-state index in [4.69, 9.17) is 34.0 Å². The third-order valence-corrected chi connectivity index (χ3v) is 9.27. The number of hydrogen-bond acceptors (Lipinski definition) is 12. The fourth-order valence-corrected chi connectivity index (χ4v) is 6.19. The van der Waals surface area contributed by atoms with Crippen LogP contribution in [0, 0.1) is 35.8 Å². The van der Waals surface area contributed by atoms with Crippen LogP contribution in [0.15, 0.2) is 42.4 Å². The van der Waals surface area contributed by atoms with Crippen LogP contribution in [0.25, 0.3) is 32.9 Å². The first-order valence-electron chi connectivity index (χ1n) is 16.6. The summed E-state index contributed by atoms with van der Waals surface area (Å²) in [4.78, 5) is 16.2. The molecule has 0 spiro atoms. The van der Waals surface area contributed by atoms with Crippen LogP contribution in [0.4, 0.5) is 24.7 Å². The maximum atomic E-state index is 16.4. The van der Waals surface area contributed by atoms with Crippen molar-refractivity contribution in [2.75, 3.05) is 50.1 Å². The Labute approximate surface area is 300 Å². The van der Waals surface area contributed by atoms with Crippen LogP contribution in [0.1, 0.15) is 32.8 Å². The second-order valence-electron chi connectivity index (χ2n) is 12.7. The first-order valence-corrected chi connectivity index (χ1v) is 16.6. The summed E-state index contributed by atoms with van der Waals surface area (Å²) < 4.78 is 53.8. The second kappa shape index (κ2) is 16.0. The highest BCUT2D eigenvalue weighted by atomic mass is 19.1. The summed E-state index contributed by atoms with van der Waals surface area (Å²) in [6, 6.07) is 5.98. The molecule has 2 aliphatic rings. The second-order valence-corrected chi connectivity index (χ2v) is 12.7. The van der Waals surface area contributed by atoms with Crippen molar-refractivity contribution < 1.29 is 43.1 Å². The van der Waals surface area contributed by atoms with Gasteiger partial charge in [0.1, 0.15) is 22.8 Å². The number of rotatable bonds is 10. The number of aliphatic hydroxyl groups excluding tert-OH is 1. The number of anilines is 2. The predicted octanol–water partition coefficient (Wildman–Crippen LogP) is 3.60. The van der Waals surface area contributed by atoms with E-state index < -0.39 is 29.9 Å². The Bertz CT molecular complexity index is 2010. The Hall–Kier alpha value is -4.50. The zero-order chi connectivity index (χ0) is 37.9. The van der Waals surface area contributed by atoms with E-state index in [1.165, 1.54) is 17.2 Å². The zero-order valence-electron chi connectivity index (χ0n) is 29.1. The van der Waals surface area contributed by atoms with E-state index in [1.54, 1.807) is 46.0 Å². The standard InChI is InChI=1S/C27H23F2N5O4.C9H17BFNO2/c1-3-16-19(28)5-4-13-8-15(30-2)10-17(21(13)16)23-22(29)24-18(11-31-23)25(33-26(32-24)38-27(35)36)34-6-7-37-12-14-9-20(14)34;1-4-12(9(10,13)14)6-8(3)7(2)5-11/h1,4-5,8,10-11,14,20,27,30,35-36H,6-7,9,12H2,2H3;5,8,13-14H,4,6H2,1-3H3/b;7-5-. The van der Waals surface area contributed by atoms with Gasteiger partial charge in [0, 0.05) is 54.9 Å². The first-order chi connectivity index (χ1) is 24.7. The lowest BCUT2D eigenvalue weighted by Crippen LogP contribution is -2.50. The number of ether oxygens (including phenoxy) is 2. The molecule has 1 saturated heterocycles. The molecule has 5 N–H and O–H groups in total. The summed E-state index contributed by atoms with van der Waals surface area (Å²) in [7, 11) is 6.81. The summed E-state index contributed by atoms with van der Waals surface area (Å²) in [6.07, 6.45) is 8.51. The summed E-state index contributed by atoms with van der Waals surface area (Å²) in [5, 5.41) is 41.3. The molecule has 0 bridgehead atoms. The van der Waals surface area contributed by atoms with Crippen molar-refractivity contribution in [2.24, 2.45) is 11.8 Å². The number of hydrogen-bond donors (Lipinski definition) is 5. The van der Waals surface area contributed by atoms with E-state index in [9.17, 15) is 19.0 Å². The Balaban J connectivity index is 0.000000319. The molecule has 1 saturated carbocycles. The van der Waals surface area contributed by atoms with E-state index >= 15 is 4.39 Å². The van der Waals surface area contributed by atoms with Crippen LogP contribution in [0.5, 0.6) is 6.01 Å². The van der Waals surface area contributed by atoms with Crippen molar-refractivity contribution in [3.05, 3.63) is 59.6 Å². The first kappa shape index (κ1) is 38.7. The van der Waals surface area contributed by atoms with Gasteiger partial charge >= 0.3 is 12.5 Å². The highest BCUT2D eigenvalue weighted by molar-refractivity contribution is 6.12. The van der Waals surface area contributed by atoms with E-state index in [-0.39, 0.29) is 34.3 Å². The molecule has 2 radical (unpaired) electrons. The number of nitrogens with zero attached hydrogens (tertiary/aromatic N) is 5. The molecule has 52 heavy (non-hydrogen) atoms. The molecule has 3 unspecified atom stereocenters. The van der Waals surface area contributed by atoms with Crippen LogP contribution < -0.4 is 15.0 Å². The van der Waals surface area contributed by atoms with Gasteiger partial charge in [0.25, 0.3) is 0 Å². The fourth-order valence-electron chi connectivity index (χ4n) is 6.19. The molecule has 4 aromatic rings. The molecular formula is C36H40BF3N6O6. The molecule has 3 heterocycles. The van der Waals surface area contributed by atoms with Crippen LogP contribution in [0.3, 0.4) is 0 Å². The quantitative estimate of drug-likeness (QED) is 0.0924. The van der Waals surface area contributed by atoms with Gasteiger partial charge in [0.15, 0.2) is 19.5 Å². The van der Waals surface area contributed by atoms with E-state index in [0.717, 1.165) is 6.42 Å². The number of aromatic nitrogens is 3. The Morgan fingerprint density at radius 2 is 2.04 bits per heavy atom. The van der Waals surface area contributed by atoms with E-state index in [0.29, 0.717) is 78.3 Å². The van der Waals surface area contributed by atoms with Crippen molar-refractivity contribution in [1.29, 1.82) is 0 Å². The van der Waals surface area contributed by atoms with Gasteiger partial charge < -0.3 is 40.1 Å². The maximum absolute atomic E-state index is 16.4. The lowest BCUT2D eigenvalue weighted by atomic mass is 9.95. The number of benzene rings is 2. The van der Waals surface area contributed by atoms with Crippen LogP contribution >= 0.6 is 0 Å². The van der Waals surface area contributed by atoms with Crippen molar-refractivity contribution in [1.82, 2.24) is 19.9 Å². The van der Waals surface area contributed by atoms with Crippen molar-refractivity contribution >= 4 is 41.0 Å². The summed E-state index contributed by atoms with van der Waals surface area (Å²) in [6.45, 7) is 5.23. The van der Waals surface area contributed by atoms with Crippen molar-refractivity contribution in [2.45, 2.75) is 45.5 Å². The van der Waals surface area contributed by atoms with Crippen LogP contribution in [-0.4, -0.2) is 106 Å². The molecule has 1 aliphatic heterocycles. The van der Waals surface area contributed by atoms with Crippen molar-refractivity contribution in [3.63, 3.8) is 0 Å². The summed E-state index contributed by atoms with van der Waals surface area (Å²) in [5.41, 5.74) is 1.21. The SMILES string of the molecule is C#Cc1c(F)ccc2cc(NC)cc(-c3ncc4c(N5CCOCC6CC65)nc(OC(O)O)nc4c3F)c12.[B]C(O)(O)N(CC)CC(C)/C(C)=C\F. The van der Waals surface area contributed by atoms with Gasteiger partial charge in [-0.1, -0.05) is 25.8 Å². The summed E-state index contributed by atoms with van der Waals surface area (Å²) >= 11 is 0. The van der Waals surface area contributed by atoms with Gasteiger partial charge in [-0.25, -0.2) is 13.2 Å². The largest absolute Gasteiger partial charge is 0.408 e. The predicted molar refractivity (Wildman–Crippen MR) is 191 cm³/mol. The number of aliphatic hydroxyl groups is 4. The summed E-state index contributed by atoms with van der Waals surface area (Å²) in [5.74, 6) is -0.823. The third kappa shape index (κ3) is 8.25. The number of terminal acetylenes is 1. The lowest BCUT2D eigenvalue weighted by Gasteiger charge is -2.34.